The lowest BCUT2D eigenvalue weighted by atomic mass is 9.89. The maximum Gasteiger partial charge on any atom is 0.223 e. The molecule has 182 valence electrons. The average molecular weight is 462 g/mol. The van der Waals surface area contributed by atoms with Crippen molar-refractivity contribution in [3.8, 4) is 5.75 Å². The van der Waals surface area contributed by atoms with Crippen LogP contribution in [-0.2, 0) is 17.8 Å². The summed E-state index contributed by atoms with van der Waals surface area (Å²) in [6.45, 7) is 8.65. The summed E-state index contributed by atoms with van der Waals surface area (Å²) in [6, 6.07) is 14.8. The van der Waals surface area contributed by atoms with E-state index >= 15 is 0 Å². The van der Waals surface area contributed by atoms with E-state index in [9.17, 15) is 4.79 Å². The van der Waals surface area contributed by atoms with Crippen LogP contribution >= 0.6 is 0 Å². The molecular formula is C29H39N3O2. The second kappa shape index (κ2) is 11.5. The van der Waals surface area contributed by atoms with E-state index in [0.29, 0.717) is 19.1 Å². The van der Waals surface area contributed by atoms with Gasteiger partial charge in [0.1, 0.15) is 11.6 Å². The number of aryl methyl sites for hydroxylation is 2. The minimum absolute atomic E-state index is 0.196. The van der Waals surface area contributed by atoms with Crippen molar-refractivity contribution in [3.05, 3.63) is 59.4 Å². The third kappa shape index (κ3) is 5.99. The Kier molecular flexibility index (Phi) is 8.25. The zero-order valence-electron chi connectivity index (χ0n) is 21.0. The molecule has 3 aromatic rings. The van der Waals surface area contributed by atoms with Crippen molar-refractivity contribution in [1.29, 1.82) is 0 Å². The summed E-state index contributed by atoms with van der Waals surface area (Å²) in [6.07, 6.45) is 7.32. The molecule has 0 bridgehead atoms. The molecule has 1 aliphatic rings. The Morgan fingerprint density at radius 2 is 1.94 bits per heavy atom. The van der Waals surface area contributed by atoms with E-state index < -0.39 is 0 Å². The van der Waals surface area contributed by atoms with Gasteiger partial charge < -0.3 is 14.6 Å². The lowest BCUT2D eigenvalue weighted by molar-refractivity contribution is -0.125. The fourth-order valence-corrected chi connectivity index (χ4v) is 5.02. The molecule has 0 atom stereocenters. The molecule has 1 N–H and O–H groups in total. The topological polar surface area (TPSA) is 56.1 Å². The molecule has 0 spiro atoms. The van der Waals surface area contributed by atoms with Gasteiger partial charge in [-0.15, -0.1) is 0 Å². The van der Waals surface area contributed by atoms with Gasteiger partial charge in [0.25, 0.3) is 0 Å². The second-order valence-electron chi connectivity index (χ2n) is 9.94. The summed E-state index contributed by atoms with van der Waals surface area (Å²) in [4.78, 5) is 17.4. The number of aromatic nitrogens is 2. The van der Waals surface area contributed by atoms with Crippen LogP contribution in [0.5, 0.6) is 5.75 Å². The molecule has 34 heavy (non-hydrogen) atoms. The molecule has 1 aliphatic carbocycles. The van der Waals surface area contributed by atoms with E-state index in [4.69, 9.17) is 9.72 Å². The normalized spacial score (nSPS) is 14.6. The molecule has 1 heterocycles. The van der Waals surface area contributed by atoms with Gasteiger partial charge in [0.2, 0.25) is 5.91 Å². The van der Waals surface area contributed by atoms with Gasteiger partial charge in [0.15, 0.2) is 0 Å². The quantitative estimate of drug-likeness (QED) is 0.367. The van der Waals surface area contributed by atoms with Crippen LogP contribution in [0, 0.1) is 12.8 Å². The van der Waals surface area contributed by atoms with Crippen molar-refractivity contribution in [1.82, 2.24) is 14.9 Å². The third-order valence-electron chi connectivity index (χ3n) is 6.93. The molecule has 1 saturated carbocycles. The van der Waals surface area contributed by atoms with Crippen LogP contribution in [0.4, 0.5) is 0 Å². The fraction of sp³-hybridized carbons (Fsp3) is 0.517. The Hall–Kier alpha value is -2.82. The van der Waals surface area contributed by atoms with Gasteiger partial charge in [-0.25, -0.2) is 4.98 Å². The van der Waals surface area contributed by atoms with Gasteiger partial charge in [-0.3, -0.25) is 4.79 Å². The first-order valence-electron chi connectivity index (χ1n) is 13.0. The van der Waals surface area contributed by atoms with Gasteiger partial charge in [0, 0.05) is 25.4 Å². The van der Waals surface area contributed by atoms with Crippen LogP contribution in [0.15, 0.2) is 42.5 Å². The van der Waals surface area contributed by atoms with Crippen molar-refractivity contribution in [2.75, 3.05) is 13.2 Å². The highest BCUT2D eigenvalue weighted by molar-refractivity contribution is 5.78. The van der Waals surface area contributed by atoms with E-state index in [1.807, 2.05) is 6.07 Å². The predicted molar refractivity (Wildman–Crippen MR) is 138 cm³/mol. The molecule has 2 aromatic carbocycles. The van der Waals surface area contributed by atoms with Crippen LogP contribution in [-0.4, -0.2) is 28.6 Å². The number of ether oxygens (including phenoxy) is 1. The monoisotopic (exact) mass is 461 g/mol. The van der Waals surface area contributed by atoms with E-state index in [0.717, 1.165) is 54.8 Å². The first kappa shape index (κ1) is 24.3. The molecule has 1 fully saturated rings. The van der Waals surface area contributed by atoms with Crippen molar-refractivity contribution in [3.63, 3.8) is 0 Å². The zero-order chi connectivity index (χ0) is 23.9. The van der Waals surface area contributed by atoms with Crippen LogP contribution in [0.25, 0.3) is 11.0 Å². The van der Waals surface area contributed by atoms with E-state index in [1.54, 1.807) is 0 Å². The number of benzene rings is 2. The molecule has 5 nitrogen and oxygen atoms in total. The predicted octanol–water partition coefficient (Wildman–Crippen LogP) is 6.18. The Bertz CT molecular complexity index is 1100. The smallest absolute Gasteiger partial charge is 0.223 e. The number of carbonyl (C=O) groups excluding carboxylic acids is 1. The summed E-state index contributed by atoms with van der Waals surface area (Å²) in [5, 5.41) is 3.17. The fourth-order valence-electron chi connectivity index (χ4n) is 5.02. The Labute approximate surface area is 203 Å². The van der Waals surface area contributed by atoms with Crippen LogP contribution in [0.1, 0.15) is 75.2 Å². The lowest BCUT2D eigenvalue weighted by Gasteiger charge is -2.20. The number of imidazole rings is 1. The summed E-state index contributed by atoms with van der Waals surface area (Å²) >= 11 is 0. The van der Waals surface area contributed by atoms with Crippen molar-refractivity contribution in [2.24, 2.45) is 5.92 Å². The molecule has 1 amide bonds. The lowest BCUT2D eigenvalue weighted by Crippen LogP contribution is -2.33. The van der Waals surface area contributed by atoms with Gasteiger partial charge in [-0.2, -0.15) is 0 Å². The Morgan fingerprint density at radius 1 is 1.15 bits per heavy atom. The molecule has 0 aliphatic heterocycles. The van der Waals surface area contributed by atoms with Gasteiger partial charge in [-0.05, 0) is 61.4 Å². The number of nitrogens with zero attached hydrogens (tertiary/aromatic N) is 2. The first-order valence-corrected chi connectivity index (χ1v) is 13.0. The number of nitrogens with one attached hydrogen (secondary N) is 1. The highest BCUT2D eigenvalue weighted by atomic mass is 16.5. The van der Waals surface area contributed by atoms with E-state index in [2.05, 4.69) is 67.1 Å². The van der Waals surface area contributed by atoms with Crippen molar-refractivity contribution in [2.45, 2.75) is 78.2 Å². The second-order valence-corrected chi connectivity index (χ2v) is 9.94. The number of rotatable bonds is 10. The van der Waals surface area contributed by atoms with Crippen molar-refractivity contribution < 1.29 is 9.53 Å². The maximum atomic E-state index is 12.5. The summed E-state index contributed by atoms with van der Waals surface area (Å²) < 4.78 is 8.52. The van der Waals surface area contributed by atoms with Gasteiger partial charge >= 0.3 is 0 Å². The number of hydrogen-bond donors (Lipinski definition) is 1. The summed E-state index contributed by atoms with van der Waals surface area (Å²) in [7, 11) is 0. The SMILES string of the molecule is Cc1ccc(C(C)C)c(OCCCn2c(CCNC(=O)C3CCCCC3)nc3ccccc32)c1. The molecule has 5 heteroatoms. The highest BCUT2D eigenvalue weighted by Crippen LogP contribution is 2.28. The molecule has 4 rings (SSSR count). The minimum atomic E-state index is 0.196. The molecule has 0 saturated heterocycles. The molecular weight excluding hydrogens is 422 g/mol. The summed E-state index contributed by atoms with van der Waals surface area (Å²) in [5.74, 6) is 2.88. The van der Waals surface area contributed by atoms with Gasteiger partial charge in [0.05, 0.1) is 17.6 Å². The molecule has 0 radical (unpaired) electrons. The number of carbonyl (C=O) groups is 1. The number of para-hydroxylation sites is 2. The van der Waals surface area contributed by atoms with E-state index in [1.165, 1.54) is 30.4 Å². The van der Waals surface area contributed by atoms with Crippen LogP contribution in [0.2, 0.25) is 0 Å². The number of hydrogen-bond acceptors (Lipinski definition) is 3. The highest BCUT2D eigenvalue weighted by Gasteiger charge is 2.21. The van der Waals surface area contributed by atoms with Crippen molar-refractivity contribution >= 4 is 16.9 Å². The zero-order valence-corrected chi connectivity index (χ0v) is 21.0. The molecule has 1 aromatic heterocycles. The van der Waals surface area contributed by atoms with Crippen LogP contribution in [0.3, 0.4) is 0 Å². The van der Waals surface area contributed by atoms with Crippen LogP contribution < -0.4 is 10.1 Å². The Morgan fingerprint density at radius 3 is 2.74 bits per heavy atom. The molecule has 0 unspecified atom stereocenters. The standard InChI is InChI=1S/C29H39N3O2/c1-21(2)24-15-14-22(3)20-27(24)34-19-9-18-32-26-13-8-7-12-25(26)31-28(32)16-17-30-29(33)23-10-5-4-6-11-23/h7-8,12-15,20-21,23H,4-6,9-11,16-19H2,1-3H3,(H,30,33). The largest absolute Gasteiger partial charge is 0.493 e. The number of amides is 1. The third-order valence-corrected chi connectivity index (χ3v) is 6.93. The Balaban J connectivity index is 1.37. The number of fused-ring (bicyclic) bond motifs is 1. The van der Waals surface area contributed by atoms with E-state index in [-0.39, 0.29) is 11.8 Å². The maximum absolute atomic E-state index is 12.5. The average Bonchev–Trinajstić information content (AvgIpc) is 3.19. The first-order chi connectivity index (χ1) is 16.5. The minimum Gasteiger partial charge on any atom is -0.493 e. The van der Waals surface area contributed by atoms with Gasteiger partial charge in [-0.1, -0.05) is 57.4 Å². The summed E-state index contributed by atoms with van der Waals surface area (Å²) in [5.41, 5.74) is 4.64.